The van der Waals surface area contributed by atoms with Gasteiger partial charge in [-0.25, -0.2) is 4.98 Å². The number of imidazole rings is 1. The van der Waals surface area contributed by atoms with Gasteiger partial charge in [0.2, 0.25) is 0 Å². The van der Waals surface area contributed by atoms with Gasteiger partial charge in [-0.3, -0.25) is 4.79 Å². The van der Waals surface area contributed by atoms with Gasteiger partial charge in [-0.15, -0.1) is 0 Å². The van der Waals surface area contributed by atoms with Crippen molar-refractivity contribution in [3.63, 3.8) is 0 Å². The van der Waals surface area contributed by atoms with Crippen molar-refractivity contribution in [1.29, 1.82) is 0 Å². The van der Waals surface area contributed by atoms with E-state index >= 15 is 0 Å². The Hall–Kier alpha value is -1.53. The van der Waals surface area contributed by atoms with Gasteiger partial charge in [0.05, 0.1) is 27.6 Å². The topological polar surface area (TPSA) is 34.9 Å². The number of rotatable bonds is 4. The van der Waals surface area contributed by atoms with Crippen LogP contribution in [0, 0.1) is 0 Å². The molecule has 1 aromatic heterocycles. The van der Waals surface area contributed by atoms with Crippen LogP contribution in [-0.2, 0) is 17.8 Å². The summed E-state index contributed by atoms with van der Waals surface area (Å²) in [6.45, 7) is 4.71. The van der Waals surface area contributed by atoms with Crippen LogP contribution in [0.3, 0.4) is 0 Å². The van der Waals surface area contributed by atoms with Gasteiger partial charge in [-0.1, -0.05) is 29.8 Å². The van der Waals surface area contributed by atoms with E-state index in [4.69, 9.17) is 23.2 Å². The first kappa shape index (κ1) is 16.8. The summed E-state index contributed by atoms with van der Waals surface area (Å²) in [6, 6.07) is 2.78. The zero-order valence-electron chi connectivity index (χ0n) is 11.5. The standard InChI is InChI=1S/C14H11Cl2F3N2O/c1-7(2)12(22)6-21-11-4-9(16)8(15)3-10(11)20-13(21)5-14(17,18)19/h3-4H,1,5-6H2,2H3. The monoisotopic (exact) mass is 350 g/mol. The molecule has 0 saturated heterocycles. The molecule has 1 aromatic carbocycles. The van der Waals surface area contributed by atoms with Crippen molar-refractivity contribution in [2.75, 3.05) is 0 Å². The van der Waals surface area contributed by atoms with Crippen molar-refractivity contribution in [2.45, 2.75) is 26.1 Å². The van der Waals surface area contributed by atoms with Crippen LogP contribution in [0.1, 0.15) is 12.7 Å². The first-order valence-corrected chi connectivity index (χ1v) is 6.93. The molecule has 3 nitrogen and oxygen atoms in total. The Morgan fingerprint density at radius 3 is 2.45 bits per heavy atom. The number of benzene rings is 1. The zero-order chi connectivity index (χ0) is 16.7. The van der Waals surface area contributed by atoms with Crippen molar-refractivity contribution < 1.29 is 18.0 Å². The predicted octanol–water partition coefficient (Wildman–Crippen LogP) is 4.59. The van der Waals surface area contributed by atoms with Crippen LogP contribution < -0.4 is 0 Å². The number of alkyl halides is 3. The molecule has 0 saturated carbocycles. The summed E-state index contributed by atoms with van der Waals surface area (Å²) in [5, 5.41) is 0.361. The Balaban J connectivity index is 2.61. The quantitative estimate of drug-likeness (QED) is 0.755. The predicted molar refractivity (Wildman–Crippen MR) is 79.3 cm³/mol. The maximum Gasteiger partial charge on any atom is 0.396 e. The van der Waals surface area contributed by atoms with Gasteiger partial charge in [0.15, 0.2) is 5.78 Å². The van der Waals surface area contributed by atoms with Crippen LogP contribution >= 0.6 is 23.2 Å². The third-order valence-electron chi connectivity index (χ3n) is 3.01. The van der Waals surface area contributed by atoms with Crippen molar-refractivity contribution in [3.05, 3.63) is 40.2 Å². The van der Waals surface area contributed by atoms with Crippen molar-refractivity contribution in [3.8, 4) is 0 Å². The van der Waals surface area contributed by atoms with E-state index in [0.29, 0.717) is 5.52 Å². The number of hydrogen-bond donors (Lipinski definition) is 0. The fourth-order valence-electron chi connectivity index (χ4n) is 1.94. The van der Waals surface area contributed by atoms with E-state index in [2.05, 4.69) is 11.6 Å². The smallest absolute Gasteiger partial charge is 0.320 e. The molecular formula is C14H11Cl2F3N2O. The normalized spacial score (nSPS) is 11.9. The van der Waals surface area contributed by atoms with E-state index in [9.17, 15) is 18.0 Å². The third-order valence-corrected chi connectivity index (χ3v) is 3.73. The van der Waals surface area contributed by atoms with E-state index in [1.165, 1.54) is 23.6 Å². The van der Waals surface area contributed by atoms with E-state index < -0.39 is 12.6 Å². The summed E-state index contributed by atoms with van der Waals surface area (Å²) in [5.74, 6) is -0.649. The number of Topliss-reactive ketones (excluding diaryl/α,β-unsaturated/α-hetero) is 1. The molecule has 0 aliphatic carbocycles. The van der Waals surface area contributed by atoms with Crippen LogP contribution in [0.15, 0.2) is 24.3 Å². The average molecular weight is 351 g/mol. The Labute approximate surface area is 134 Å². The molecule has 118 valence electrons. The second kappa shape index (κ2) is 5.93. The van der Waals surface area contributed by atoms with E-state index in [-0.39, 0.29) is 39.3 Å². The minimum absolute atomic E-state index is 0.177. The zero-order valence-corrected chi connectivity index (χ0v) is 13.0. The molecule has 0 amide bonds. The molecular weight excluding hydrogens is 340 g/mol. The van der Waals surface area contributed by atoms with Crippen molar-refractivity contribution >= 4 is 40.0 Å². The molecule has 0 aliphatic heterocycles. The number of aromatic nitrogens is 2. The summed E-state index contributed by atoms with van der Waals surface area (Å²) in [6.07, 6.45) is -5.70. The maximum atomic E-state index is 12.7. The lowest BCUT2D eigenvalue weighted by Gasteiger charge is -2.10. The molecule has 0 bridgehead atoms. The Morgan fingerprint density at radius 2 is 1.91 bits per heavy atom. The third kappa shape index (κ3) is 3.62. The minimum atomic E-state index is -4.45. The molecule has 22 heavy (non-hydrogen) atoms. The molecule has 0 spiro atoms. The van der Waals surface area contributed by atoms with Crippen LogP contribution in [-0.4, -0.2) is 21.5 Å². The number of fused-ring (bicyclic) bond motifs is 1. The second-order valence-electron chi connectivity index (χ2n) is 4.86. The van der Waals surface area contributed by atoms with Gasteiger partial charge in [0.25, 0.3) is 0 Å². The van der Waals surface area contributed by atoms with Crippen molar-refractivity contribution in [2.24, 2.45) is 0 Å². The number of hydrogen-bond acceptors (Lipinski definition) is 2. The summed E-state index contributed by atoms with van der Waals surface area (Å²) in [5.41, 5.74) is 0.825. The first-order valence-electron chi connectivity index (χ1n) is 6.18. The lowest BCUT2D eigenvalue weighted by Crippen LogP contribution is -2.19. The Kier molecular flexibility index (Phi) is 4.54. The maximum absolute atomic E-state index is 12.7. The number of carbonyl (C=O) groups is 1. The number of ketones is 1. The minimum Gasteiger partial charge on any atom is -0.320 e. The SMILES string of the molecule is C=C(C)C(=O)Cn1c(CC(F)(F)F)nc2cc(Cl)c(Cl)cc21. The first-order chi connectivity index (χ1) is 10.1. The molecule has 1 heterocycles. The van der Waals surface area contributed by atoms with Crippen molar-refractivity contribution in [1.82, 2.24) is 9.55 Å². The molecule has 0 radical (unpaired) electrons. The lowest BCUT2D eigenvalue weighted by atomic mass is 10.2. The van der Waals surface area contributed by atoms with Crippen LogP contribution in [0.4, 0.5) is 13.2 Å². The van der Waals surface area contributed by atoms with E-state index in [1.54, 1.807) is 0 Å². The van der Waals surface area contributed by atoms with Gasteiger partial charge < -0.3 is 4.57 Å². The number of nitrogens with zero attached hydrogens (tertiary/aromatic N) is 2. The molecule has 0 aliphatic rings. The highest BCUT2D eigenvalue weighted by Gasteiger charge is 2.31. The molecule has 0 unspecified atom stereocenters. The van der Waals surface area contributed by atoms with E-state index in [0.717, 1.165) is 0 Å². The van der Waals surface area contributed by atoms with Crippen LogP contribution in [0.25, 0.3) is 11.0 Å². The van der Waals surface area contributed by atoms with Crippen LogP contribution in [0.2, 0.25) is 10.0 Å². The highest BCUT2D eigenvalue weighted by atomic mass is 35.5. The fourth-order valence-corrected chi connectivity index (χ4v) is 2.26. The molecule has 0 N–H and O–H groups in total. The number of allylic oxidation sites excluding steroid dienone is 1. The molecule has 2 rings (SSSR count). The summed E-state index contributed by atoms with van der Waals surface area (Å²) in [7, 11) is 0. The summed E-state index contributed by atoms with van der Waals surface area (Å²) >= 11 is 11.8. The second-order valence-corrected chi connectivity index (χ2v) is 5.68. The van der Waals surface area contributed by atoms with Gasteiger partial charge in [0.1, 0.15) is 12.2 Å². The van der Waals surface area contributed by atoms with Gasteiger partial charge in [0, 0.05) is 0 Å². The summed E-state index contributed by atoms with van der Waals surface area (Å²) < 4.78 is 39.3. The lowest BCUT2D eigenvalue weighted by molar-refractivity contribution is -0.129. The van der Waals surface area contributed by atoms with Gasteiger partial charge in [-0.2, -0.15) is 13.2 Å². The average Bonchev–Trinajstić information content (AvgIpc) is 2.65. The Bertz CT molecular complexity index is 766. The van der Waals surface area contributed by atoms with E-state index in [1.807, 2.05) is 0 Å². The van der Waals surface area contributed by atoms with Crippen LogP contribution in [0.5, 0.6) is 0 Å². The molecule has 0 atom stereocenters. The highest BCUT2D eigenvalue weighted by Crippen LogP contribution is 2.30. The highest BCUT2D eigenvalue weighted by molar-refractivity contribution is 6.42. The molecule has 8 heteroatoms. The van der Waals surface area contributed by atoms with Gasteiger partial charge in [-0.05, 0) is 24.6 Å². The number of carbonyl (C=O) groups excluding carboxylic acids is 1. The molecule has 2 aromatic rings. The largest absolute Gasteiger partial charge is 0.396 e. The number of halogens is 5. The fraction of sp³-hybridized carbons (Fsp3) is 0.286. The van der Waals surface area contributed by atoms with Gasteiger partial charge >= 0.3 is 6.18 Å². The molecule has 0 fully saturated rings. The summed E-state index contributed by atoms with van der Waals surface area (Å²) in [4.78, 5) is 15.8. The Morgan fingerprint density at radius 1 is 1.32 bits per heavy atom.